The smallest absolute Gasteiger partial charge is 0.264 e. The largest absolute Gasteiger partial charge is 0.352 e. The molecule has 7 nitrogen and oxygen atoms in total. The van der Waals surface area contributed by atoms with E-state index in [-0.39, 0.29) is 23.4 Å². The van der Waals surface area contributed by atoms with E-state index in [0.29, 0.717) is 16.3 Å². The average Bonchev–Trinajstić information content (AvgIpc) is 2.95. The molecule has 1 atom stereocenters. The van der Waals surface area contributed by atoms with Crippen LogP contribution in [0.15, 0.2) is 77.7 Å². The van der Waals surface area contributed by atoms with Crippen molar-refractivity contribution in [3.8, 4) is 0 Å². The molecular weight excluding hydrogens is 558 g/mol. The number of benzene rings is 3. The van der Waals surface area contributed by atoms with Crippen molar-refractivity contribution in [2.24, 2.45) is 0 Å². The molecule has 41 heavy (non-hydrogen) atoms. The van der Waals surface area contributed by atoms with Gasteiger partial charge in [0.1, 0.15) is 12.6 Å². The van der Waals surface area contributed by atoms with Crippen molar-refractivity contribution < 1.29 is 18.0 Å². The van der Waals surface area contributed by atoms with Gasteiger partial charge in [0.25, 0.3) is 10.0 Å². The Kier molecular flexibility index (Phi) is 10.1. The van der Waals surface area contributed by atoms with Gasteiger partial charge in [0.2, 0.25) is 11.8 Å². The molecule has 1 aliphatic rings. The maximum Gasteiger partial charge on any atom is 0.264 e. The van der Waals surface area contributed by atoms with Gasteiger partial charge in [-0.2, -0.15) is 0 Å². The number of nitrogens with one attached hydrogen (secondary N) is 1. The first-order valence-electron chi connectivity index (χ1n) is 14.1. The molecule has 0 unspecified atom stereocenters. The predicted octanol–water partition coefficient (Wildman–Crippen LogP) is 6.02. The number of sulfonamides is 1. The lowest BCUT2D eigenvalue weighted by Gasteiger charge is -2.33. The van der Waals surface area contributed by atoms with E-state index in [1.54, 1.807) is 74.5 Å². The van der Waals surface area contributed by atoms with Crippen molar-refractivity contribution in [2.45, 2.75) is 76.4 Å². The van der Waals surface area contributed by atoms with Crippen molar-refractivity contribution in [3.63, 3.8) is 0 Å². The second kappa shape index (κ2) is 13.5. The zero-order valence-corrected chi connectivity index (χ0v) is 25.4. The van der Waals surface area contributed by atoms with Crippen LogP contribution < -0.4 is 9.62 Å². The lowest BCUT2D eigenvalue weighted by Crippen LogP contribution is -2.53. The Balaban J connectivity index is 1.68. The molecule has 0 spiro atoms. The van der Waals surface area contributed by atoms with Gasteiger partial charge in [0.15, 0.2) is 0 Å². The van der Waals surface area contributed by atoms with E-state index < -0.39 is 28.5 Å². The highest BCUT2D eigenvalue weighted by Gasteiger charge is 2.33. The Hall–Kier alpha value is -3.36. The Morgan fingerprint density at radius 3 is 2.29 bits per heavy atom. The van der Waals surface area contributed by atoms with Crippen LogP contribution in [0.2, 0.25) is 5.02 Å². The summed E-state index contributed by atoms with van der Waals surface area (Å²) in [5.74, 6) is -0.744. The molecule has 4 rings (SSSR count). The highest BCUT2D eigenvalue weighted by atomic mass is 35.5. The highest BCUT2D eigenvalue weighted by Crippen LogP contribution is 2.28. The first kappa shape index (κ1) is 30.6. The van der Waals surface area contributed by atoms with Gasteiger partial charge in [-0.05, 0) is 75.1 Å². The van der Waals surface area contributed by atoms with E-state index in [4.69, 9.17) is 11.6 Å². The van der Waals surface area contributed by atoms with Gasteiger partial charge >= 0.3 is 0 Å². The summed E-state index contributed by atoms with van der Waals surface area (Å²) in [5.41, 5.74) is 2.78. The van der Waals surface area contributed by atoms with E-state index >= 15 is 0 Å². The molecule has 1 N–H and O–H groups in total. The summed E-state index contributed by atoms with van der Waals surface area (Å²) in [4.78, 5) is 29.0. The summed E-state index contributed by atoms with van der Waals surface area (Å²) in [6.07, 6.45) is 5.11. The molecule has 3 aromatic rings. The van der Waals surface area contributed by atoms with E-state index in [0.717, 1.165) is 47.5 Å². The number of amides is 2. The number of halogens is 1. The standard InChI is InChI=1S/C32H38ClN3O4S/c1-23-16-18-29(19-17-23)41(39,40)36(30-15-8-7-10-24(30)2)22-31(37)35(21-26-11-9-12-27(33)20-26)25(3)32(38)34-28-13-5-4-6-14-28/h7-12,15-20,25,28H,4-6,13-14,21-22H2,1-3H3,(H,34,38)/t25-/m1/s1. The quantitative estimate of drug-likeness (QED) is 0.311. The van der Waals surface area contributed by atoms with Gasteiger partial charge in [-0.15, -0.1) is 0 Å². The SMILES string of the molecule is Cc1ccc(S(=O)(=O)N(CC(=O)N(Cc2cccc(Cl)c2)[C@H](C)C(=O)NC2CCCCC2)c2ccccc2C)cc1. The van der Waals surface area contributed by atoms with Gasteiger partial charge in [-0.25, -0.2) is 8.42 Å². The van der Waals surface area contributed by atoms with Crippen molar-refractivity contribution in [2.75, 3.05) is 10.8 Å². The van der Waals surface area contributed by atoms with Crippen LogP contribution in [-0.2, 0) is 26.2 Å². The molecule has 3 aromatic carbocycles. The minimum absolute atomic E-state index is 0.0761. The van der Waals surface area contributed by atoms with Crippen LogP contribution in [0.25, 0.3) is 0 Å². The number of anilines is 1. The molecule has 0 saturated heterocycles. The fraction of sp³-hybridized carbons (Fsp3) is 0.375. The Bertz CT molecular complexity index is 1470. The Morgan fingerprint density at radius 2 is 1.63 bits per heavy atom. The number of carbonyl (C=O) groups excluding carboxylic acids is 2. The number of aryl methyl sites for hydroxylation is 2. The van der Waals surface area contributed by atoms with Gasteiger partial charge < -0.3 is 10.2 Å². The van der Waals surface area contributed by atoms with Crippen molar-refractivity contribution in [3.05, 3.63) is 94.5 Å². The number of hydrogen-bond acceptors (Lipinski definition) is 4. The zero-order chi connectivity index (χ0) is 29.6. The summed E-state index contributed by atoms with van der Waals surface area (Å²) in [7, 11) is -4.11. The topological polar surface area (TPSA) is 86.8 Å². The number of nitrogens with zero attached hydrogens (tertiary/aromatic N) is 2. The van der Waals surface area contributed by atoms with Crippen molar-refractivity contribution in [1.29, 1.82) is 0 Å². The molecule has 0 aromatic heterocycles. The molecule has 218 valence electrons. The number of rotatable bonds is 10. The van der Waals surface area contributed by atoms with Crippen LogP contribution in [0, 0.1) is 13.8 Å². The highest BCUT2D eigenvalue weighted by molar-refractivity contribution is 7.92. The molecular formula is C32H38ClN3O4S. The third kappa shape index (κ3) is 7.68. The van der Waals surface area contributed by atoms with E-state index in [2.05, 4.69) is 5.32 Å². The molecule has 1 aliphatic carbocycles. The maximum absolute atomic E-state index is 14.1. The third-order valence-corrected chi connectivity index (χ3v) is 9.64. The molecule has 0 aliphatic heterocycles. The minimum Gasteiger partial charge on any atom is -0.352 e. The Morgan fingerprint density at radius 1 is 0.951 bits per heavy atom. The maximum atomic E-state index is 14.1. The second-order valence-electron chi connectivity index (χ2n) is 10.8. The lowest BCUT2D eigenvalue weighted by atomic mass is 9.95. The molecule has 2 amide bonds. The monoisotopic (exact) mass is 595 g/mol. The average molecular weight is 596 g/mol. The number of carbonyl (C=O) groups is 2. The van der Waals surface area contributed by atoms with Crippen molar-refractivity contribution in [1.82, 2.24) is 10.2 Å². The zero-order valence-electron chi connectivity index (χ0n) is 23.8. The first-order chi connectivity index (χ1) is 19.6. The summed E-state index contributed by atoms with van der Waals surface area (Å²) >= 11 is 6.23. The molecule has 1 saturated carbocycles. The predicted molar refractivity (Wildman–Crippen MR) is 163 cm³/mol. The van der Waals surface area contributed by atoms with Crippen molar-refractivity contribution >= 4 is 39.1 Å². The van der Waals surface area contributed by atoms with Gasteiger partial charge in [0, 0.05) is 17.6 Å². The van der Waals surface area contributed by atoms with Crippen LogP contribution in [0.3, 0.4) is 0 Å². The van der Waals surface area contributed by atoms with Crippen LogP contribution in [0.1, 0.15) is 55.7 Å². The van der Waals surface area contributed by atoms with Crippen LogP contribution in [-0.4, -0.2) is 43.8 Å². The summed E-state index contributed by atoms with van der Waals surface area (Å²) in [5, 5.41) is 3.63. The van der Waals surface area contributed by atoms with E-state index in [1.807, 2.05) is 19.1 Å². The number of hydrogen-bond donors (Lipinski definition) is 1. The normalized spacial score (nSPS) is 14.7. The summed E-state index contributed by atoms with van der Waals surface area (Å²) < 4.78 is 29.1. The van der Waals surface area contributed by atoms with Crippen LogP contribution in [0.4, 0.5) is 5.69 Å². The molecule has 9 heteroatoms. The fourth-order valence-electron chi connectivity index (χ4n) is 5.18. The molecule has 0 bridgehead atoms. The minimum atomic E-state index is -4.11. The van der Waals surface area contributed by atoms with Gasteiger partial charge in [-0.3, -0.25) is 13.9 Å². The van der Waals surface area contributed by atoms with E-state index in [1.165, 1.54) is 4.90 Å². The first-order valence-corrected chi connectivity index (χ1v) is 15.9. The fourth-order valence-corrected chi connectivity index (χ4v) is 6.87. The summed E-state index contributed by atoms with van der Waals surface area (Å²) in [6, 6.07) is 20.0. The lowest BCUT2D eigenvalue weighted by molar-refractivity contribution is -0.139. The molecule has 0 radical (unpaired) electrons. The van der Waals surface area contributed by atoms with Crippen LogP contribution >= 0.6 is 11.6 Å². The van der Waals surface area contributed by atoms with Gasteiger partial charge in [0.05, 0.1) is 10.6 Å². The summed E-state index contributed by atoms with van der Waals surface area (Å²) in [6.45, 7) is 5.01. The number of para-hydroxylation sites is 1. The third-order valence-electron chi connectivity index (χ3n) is 7.63. The van der Waals surface area contributed by atoms with Crippen LogP contribution in [0.5, 0.6) is 0 Å². The van der Waals surface area contributed by atoms with Gasteiger partial charge in [-0.1, -0.05) is 78.9 Å². The Labute approximate surface area is 248 Å². The molecule has 1 fully saturated rings. The second-order valence-corrected chi connectivity index (χ2v) is 13.1. The molecule has 0 heterocycles. The van der Waals surface area contributed by atoms with E-state index in [9.17, 15) is 18.0 Å².